The number of aromatic amines is 1. The lowest BCUT2D eigenvalue weighted by molar-refractivity contribution is 0.229. The van der Waals surface area contributed by atoms with Crippen LogP contribution in [-0.2, 0) is 6.54 Å². The molecule has 4 heterocycles. The van der Waals surface area contributed by atoms with Crippen molar-refractivity contribution in [2.75, 3.05) is 23.3 Å². The Morgan fingerprint density at radius 1 is 1.00 bits per heavy atom. The molecular formula is C24H25N7. The van der Waals surface area contributed by atoms with Crippen LogP contribution in [0.4, 0.5) is 17.6 Å². The van der Waals surface area contributed by atoms with Gasteiger partial charge in [-0.3, -0.25) is 10.00 Å². The number of likely N-dealkylation sites (tertiary alicyclic amines) is 1. The molecule has 7 heteroatoms. The quantitative estimate of drug-likeness (QED) is 0.519. The van der Waals surface area contributed by atoms with Gasteiger partial charge in [0.15, 0.2) is 5.82 Å². The Bertz CT molecular complexity index is 1220. The van der Waals surface area contributed by atoms with Crippen LogP contribution in [0.25, 0.3) is 10.9 Å². The summed E-state index contributed by atoms with van der Waals surface area (Å²) in [5.41, 5.74) is 3.34. The van der Waals surface area contributed by atoms with Crippen LogP contribution in [0, 0.1) is 6.92 Å². The molecule has 0 amide bonds. The highest BCUT2D eigenvalue weighted by atomic mass is 15.4. The molecule has 2 aromatic carbocycles. The number of aryl methyl sites for hydroxylation is 1. The second-order valence-electron chi connectivity index (χ2n) is 8.56. The van der Waals surface area contributed by atoms with Crippen molar-refractivity contribution in [3.8, 4) is 0 Å². The fourth-order valence-corrected chi connectivity index (χ4v) is 4.90. The van der Waals surface area contributed by atoms with Gasteiger partial charge in [0.25, 0.3) is 0 Å². The Balaban J connectivity index is 1.27. The van der Waals surface area contributed by atoms with E-state index >= 15 is 0 Å². The molecule has 2 aliphatic heterocycles. The molecule has 2 N–H and O–H groups in total. The third-order valence-electron chi connectivity index (χ3n) is 6.38. The minimum Gasteiger partial charge on any atom is -0.335 e. The molecule has 2 aromatic heterocycles. The monoisotopic (exact) mass is 411 g/mol. The van der Waals surface area contributed by atoms with Crippen molar-refractivity contribution in [3.05, 3.63) is 71.9 Å². The molecule has 2 atom stereocenters. The summed E-state index contributed by atoms with van der Waals surface area (Å²) in [5.74, 6) is 2.38. The number of benzene rings is 2. The summed E-state index contributed by atoms with van der Waals surface area (Å²) >= 11 is 0. The zero-order chi connectivity index (χ0) is 20.8. The molecule has 156 valence electrons. The molecule has 0 saturated carbocycles. The molecule has 4 aromatic rings. The van der Waals surface area contributed by atoms with Crippen LogP contribution in [-0.4, -0.2) is 50.2 Å². The van der Waals surface area contributed by atoms with E-state index in [0.29, 0.717) is 12.1 Å². The summed E-state index contributed by atoms with van der Waals surface area (Å²) in [5, 5.41) is 11.7. The number of nitrogens with zero attached hydrogens (tertiary/aromatic N) is 5. The van der Waals surface area contributed by atoms with E-state index in [4.69, 9.17) is 9.97 Å². The Morgan fingerprint density at radius 3 is 2.61 bits per heavy atom. The summed E-state index contributed by atoms with van der Waals surface area (Å²) < 4.78 is 0. The van der Waals surface area contributed by atoms with Gasteiger partial charge in [-0.1, -0.05) is 42.5 Å². The first kappa shape index (κ1) is 18.3. The number of H-pyrrole nitrogens is 1. The van der Waals surface area contributed by atoms with E-state index in [1.807, 2.05) is 25.1 Å². The van der Waals surface area contributed by atoms with Crippen molar-refractivity contribution in [3.63, 3.8) is 0 Å². The lowest BCUT2D eigenvalue weighted by Gasteiger charge is -2.34. The number of hydrogen-bond acceptors (Lipinski definition) is 6. The maximum Gasteiger partial charge on any atom is 0.228 e. The molecular weight excluding hydrogens is 386 g/mol. The zero-order valence-electron chi connectivity index (χ0n) is 17.5. The first-order valence-electron chi connectivity index (χ1n) is 10.8. The number of hydrogen-bond donors (Lipinski definition) is 2. The van der Waals surface area contributed by atoms with Crippen molar-refractivity contribution in [2.45, 2.75) is 32.0 Å². The lowest BCUT2D eigenvalue weighted by atomic mass is 10.2. The van der Waals surface area contributed by atoms with Gasteiger partial charge in [0.05, 0.1) is 5.52 Å². The first-order chi connectivity index (χ1) is 15.2. The summed E-state index contributed by atoms with van der Waals surface area (Å²) in [6, 6.07) is 21.9. The third kappa shape index (κ3) is 3.41. The van der Waals surface area contributed by atoms with Crippen LogP contribution in [0.2, 0.25) is 0 Å². The fourth-order valence-electron chi connectivity index (χ4n) is 4.90. The minimum atomic E-state index is 0.454. The number of piperazine rings is 1. The average Bonchev–Trinajstić information content (AvgIpc) is 3.50. The van der Waals surface area contributed by atoms with Gasteiger partial charge in [-0.2, -0.15) is 10.1 Å². The van der Waals surface area contributed by atoms with Gasteiger partial charge < -0.3 is 10.2 Å². The topological polar surface area (TPSA) is 73.0 Å². The highest BCUT2D eigenvalue weighted by Gasteiger charge is 2.44. The SMILES string of the molecule is Cc1cc(Nc2nc(N3CC4CC3CN4Cc3ccccc3)nc3ccccc23)n[nH]1. The number of aromatic nitrogens is 4. The van der Waals surface area contributed by atoms with E-state index in [2.05, 4.69) is 67.8 Å². The standard InChI is InChI=1S/C24H25N7/c1-16-11-22(29-28-16)26-23-20-9-5-6-10-21(20)25-24(27-23)31-15-18-12-19(31)14-30(18)13-17-7-3-2-4-8-17/h2-11,18-19H,12-15H2,1H3,(H2,25,26,27,28,29). The van der Waals surface area contributed by atoms with Gasteiger partial charge in [-0.25, -0.2) is 4.98 Å². The highest BCUT2D eigenvalue weighted by molar-refractivity contribution is 5.91. The Kier molecular flexibility index (Phi) is 4.35. The molecule has 7 nitrogen and oxygen atoms in total. The first-order valence-corrected chi connectivity index (χ1v) is 10.8. The van der Waals surface area contributed by atoms with Crippen LogP contribution in [0.1, 0.15) is 17.7 Å². The summed E-state index contributed by atoms with van der Waals surface area (Å²) in [6.45, 7) is 5.03. The molecule has 2 unspecified atom stereocenters. The van der Waals surface area contributed by atoms with Crippen LogP contribution in [0.5, 0.6) is 0 Å². The largest absolute Gasteiger partial charge is 0.335 e. The maximum atomic E-state index is 4.95. The predicted octanol–water partition coefficient (Wildman–Crippen LogP) is 3.87. The van der Waals surface area contributed by atoms with E-state index in [0.717, 1.165) is 53.8 Å². The van der Waals surface area contributed by atoms with E-state index in [1.54, 1.807) is 0 Å². The van der Waals surface area contributed by atoms with Crippen molar-refractivity contribution < 1.29 is 0 Å². The van der Waals surface area contributed by atoms with Crippen LogP contribution < -0.4 is 10.2 Å². The summed E-state index contributed by atoms with van der Waals surface area (Å²) in [6.07, 6.45) is 1.17. The normalized spacial score (nSPS) is 20.6. The number of fused-ring (bicyclic) bond motifs is 3. The lowest BCUT2D eigenvalue weighted by Crippen LogP contribution is -2.46. The van der Waals surface area contributed by atoms with Crippen LogP contribution in [0.3, 0.4) is 0 Å². The predicted molar refractivity (Wildman–Crippen MR) is 123 cm³/mol. The number of rotatable bonds is 5. The molecule has 0 spiro atoms. The van der Waals surface area contributed by atoms with Crippen molar-refractivity contribution in [2.24, 2.45) is 0 Å². The van der Waals surface area contributed by atoms with E-state index in [1.165, 1.54) is 12.0 Å². The maximum absolute atomic E-state index is 4.95. The fraction of sp³-hybridized carbons (Fsp3) is 0.292. The van der Waals surface area contributed by atoms with Gasteiger partial charge in [-0.15, -0.1) is 0 Å². The summed E-state index contributed by atoms with van der Waals surface area (Å²) in [7, 11) is 0. The molecule has 2 bridgehead atoms. The van der Waals surface area contributed by atoms with E-state index < -0.39 is 0 Å². The van der Waals surface area contributed by atoms with Crippen LogP contribution >= 0.6 is 0 Å². The van der Waals surface area contributed by atoms with Gasteiger partial charge in [0, 0.05) is 48.9 Å². The molecule has 0 radical (unpaired) electrons. The minimum absolute atomic E-state index is 0.454. The third-order valence-corrected chi connectivity index (χ3v) is 6.38. The number of nitrogens with one attached hydrogen (secondary N) is 2. The molecule has 2 saturated heterocycles. The molecule has 2 aliphatic rings. The van der Waals surface area contributed by atoms with Gasteiger partial charge >= 0.3 is 0 Å². The smallest absolute Gasteiger partial charge is 0.228 e. The highest BCUT2D eigenvalue weighted by Crippen LogP contribution is 2.35. The molecule has 2 fully saturated rings. The Hall–Kier alpha value is -3.45. The number of para-hydroxylation sites is 1. The molecule has 6 rings (SSSR count). The Morgan fingerprint density at radius 2 is 1.84 bits per heavy atom. The second kappa shape index (κ2) is 7.35. The van der Waals surface area contributed by atoms with E-state index in [9.17, 15) is 0 Å². The van der Waals surface area contributed by atoms with Crippen molar-refractivity contribution in [1.82, 2.24) is 25.1 Å². The van der Waals surface area contributed by atoms with Crippen molar-refractivity contribution in [1.29, 1.82) is 0 Å². The number of anilines is 3. The molecule has 0 aliphatic carbocycles. The van der Waals surface area contributed by atoms with Crippen LogP contribution in [0.15, 0.2) is 60.7 Å². The van der Waals surface area contributed by atoms with Gasteiger partial charge in [-0.05, 0) is 31.0 Å². The average molecular weight is 412 g/mol. The van der Waals surface area contributed by atoms with E-state index in [-0.39, 0.29) is 0 Å². The van der Waals surface area contributed by atoms with Gasteiger partial charge in [0.1, 0.15) is 5.82 Å². The Labute approximate surface area is 181 Å². The summed E-state index contributed by atoms with van der Waals surface area (Å²) in [4.78, 5) is 14.9. The van der Waals surface area contributed by atoms with Gasteiger partial charge in [0.2, 0.25) is 5.95 Å². The van der Waals surface area contributed by atoms with Crippen molar-refractivity contribution >= 4 is 28.5 Å². The zero-order valence-corrected chi connectivity index (χ0v) is 17.5. The second-order valence-corrected chi connectivity index (χ2v) is 8.56. The molecule has 31 heavy (non-hydrogen) atoms.